The smallest absolute Gasteiger partial charge is 0.253 e. The van der Waals surface area contributed by atoms with Crippen LogP contribution in [0.4, 0.5) is 0 Å². The van der Waals surface area contributed by atoms with Crippen molar-refractivity contribution in [2.24, 2.45) is 0 Å². The second-order valence-electron chi connectivity index (χ2n) is 6.30. The van der Waals surface area contributed by atoms with Crippen LogP contribution < -0.4 is 5.32 Å². The van der Waals surface area contributed by atoms with Gasteiger partial charge in [0.2, 0.25) is 0 Å². The molecule has 0 unspecified atom stereocenters. The molecular weight excluding hydrogens is 300 g/mol. The molecule has 0 saturated carbocycles. The Morgan fingerprint density at radius 1 is 1.00 bits per heavy atom. The van der Waals surface area contributed by atoms with Crippen LogP contribution in [-0.4, -0.2) is 35.8 Å². The van der Waals surface area contributed by atoms with Gasteiger partial charge < -0.3 is 10.2 Å². The van der Waals surface area contributed by atoms with Crippen molar-refractivity contribution in [3.8, 4) is 0 Å². The van der Waals surface area contributed by atoms with E-state index in [1.165, 1.54) is 0 Å². The molecule has 1 fully saturated rings. The first-order chi connectivity index (χ1) is 11.6. The van der Waals surface area contributed by atoms with Gasteiger partial charge in [0.25, 0.3) is 11.8 Å². The van der Waals surface area contributed by atoms with Gasteiger partial charge in [0, 0.05) is 30.3 Å². The van der Waals surface area contributed by atoms with Crippen molar-refractivity contribution >= 4 is 11.8 Å². The number of hydrogen-bond donors (Lipinski definition) is 1. The van der Waals surface area contributed by atoms with E-state index < -0.39 is 0 Å². The molecule has 0 bridgehead atoms. The minimum Gasteiger partial charge on any atom is -0.348 e. The van der Waals surface area contributed by atoms with Crippen molar-refractivity contribution in [2.75, 3.05) is 13.1 Å². The first-order valence-corrected chi connectivity index (χ1v) is 8.35. The molecule has 3 rings (SSSR count). The number of carbonyl (C=O) groups is 2. The summed E-state index contributed by atoms with van der Waals surface area (Å²) in [6.07, 6.45) is 1.80. The fourth-order valence-corrected chi connectivity index (χ4v) is 3.02. The van der Waals surface area contributed by atoms with E-state index in [-0.39, 0.29) is 17.9 Å². The van der Waals surface area contributed by atoms with E-state index in [4.69, 9.17) is 0 Å². The summed E-state index contributed by atoms with van der Waals surface area (Å²) in [4.78, 5) is 26.7. The Labute approximate surface area is 142 Å². The first kappa shape index (κ1) is 16.2. The van der Waals surface area contributed by atoms with Crippen molar-refractivity contribution in [3.05, 3.63) is 71.3 Å². The van der Waals surface area contributed by atoms with Crippen LogP contribution in [0.15, 0.2) is 54.6 Å². The van der Waals surface area contributed by atoms with Gasteiger partial charge in [-0.05, 0) is 44.0 Å². The number of benzene rings is 2. The van der Waals surface area contributed by atoms with Crippen molar-refractivity contribution < 1.29 is 9.59 Å². The third-order valence-electron chi connectivity index (χ3n) is 4.38. The van der Waals surface area contributed by atoms with Crippen LogP contribution in [0.25, 0.3) is 0 Å². The standard InChI is InChI=1S/C20H22N2O2/c1-15-9-11-17(12-10-15)20(24)22-13-5-8-18(14-22)21-19(23)16-6-3-2-4-7-16/h2-4,6-7,9-12,18H,5,8,13-14H2,1H3,(H,21,23)/t18-/m1/s1. The van der Waals surface area contributed by atoms with Gasteiger partial charge in [-0.3, -0.25) is 9.59 Å². The maximum Gasteiger partial charge on any atom is 0.253 e. The summed E-state index contributed by atoms with van der Waals surface area (Å²) >= 11 is 0. The molecule has 0 radical (unpaired) electrons. The lowest BCUT2D eigenvalue weighted by atomic mass is 10.0. The number of likely N-dealkylation sites (tertiary alicyclic amines) is 1. The normalized spacial score (nSPS) is 17.4. The fraction of sp³-hybridized carbons (Fsp3) is 0.300. The highest BCUT2D eigenvalue weighted by molar-refractivity contribution is 5.95. The third-order valence-corrected chi connectivity index (χ3v) is 4.38. The molecular formula is C20H22N2O2. The van der Waals surface area contributed by atoms with E-state index in [0.717, 1.165) is 24.9 Å². The monoisotopic (exact) mass is 322 g/mol. The lowest BCUT2D eigenvalue weighted by Gasteiger charge is -2.33. The summed E-state index contributed by atoms with van der Waals surface area (Å²) in [5.41, 5.74) is 2.49. The zero-order chi connectivity index (χ0) is 16.9. The summed E-state index contributed by atoms with van der Waals surface area (Å²) in [6, 6.07) is 16.8. The van der Waals surface area contributed by atoms with Gasteiger partial charge in [-0.2, -0.15) is 0 Å². The number of aryl methyl sites for hydroxylation is 1. The Morgan fingerprint density at radius 2 is 1.71 bits per heavy atom. The van der Waals surface area contributed by atoms with Gasteiger partial charge in [-0.1, -0.05) is 35.9 Å². The summed E-state index contributed by atoms with van der Waals surface area (Å²) in [7, 11) is 0. The average molecular weight is 322 g/mol. The predicted molar refractivity (Wildman–Crippen MR) is 94.0 cm³/mol. The van der Waals surface area contributed by atoms with E-state index >= 15 is 0 Å². The molecule has 2 amide bonds. The highest BCUT2D eigenvalue weighted by Gasteiger charge is 2.25. The van der Waals surface area contributed by atoms with Gasteiger partial charge >= 0.3 is 0 Å². The SMILES string of the molecule is Cc1ccc(C(=O)N2CCC[C@@H](NC(=O)c3ccccc3)C2)cc1. The Morgan fingerprint density at radius 3 is 2.42 bits per heavy atom. The minimum absolute atomic E-state index is 0.000791. The van der Waals surface area contributed by atoms with Gasteiger partial charge in [0.05, 0.1) is 0 Å². The molecule has 2 aromatic rings. The minimum atomic E-state index is -0.0785. The molecule has 0 aromatic heterocycles. The molecule has 1 aliphatic heterocycles. The van der Waals surface area contributed by atoms with Crippen molar-refractivity contribution in [2.45, 2.75) is 25.8 Å². The second kappa shape index (κ2) is 7.30. The summed E-state index contributed by atoms with van der Waals surface area (Å²) in [5, 5.41) is 3.05. The van der Waals surface area contributed by atoms with Gasteiger partial charge in [-0.25, -0.2) is 0 Å². The topological polar surface area (TPSA) is 49.4 Å². The Hall–Kier alpha value is -2.62. The second-order valence-corrected chi connectivity index (χ2v) is 6.30. The van der Waals surface area contributed by atoms with Gasteiger partial charge in [-0.15, -0.1) is 0 Å². The Balaban J connectivity index is 1.63. The van der Waals surface area contributed by atoms with E-state index in [2.05, 4.69) is 5.32 Å². The van der Waals surface area contributed by atoms with Crippen LogP contribution in [0.2, 0.25) is 0 Å². The van der Waals surface area contributed by atoms with E-state index in [1.807, 2.05) is 54.3 Å². The van der Waals surface area contributed by atoms with Crippen LogP contribution in [0, 0.1) is 6.92 Å². The molecule has 2 aromatic carbocycles. The number of nitrogens with one attached hydrogen (secondary N) is 1. The molecule has 1 saturated heterocycles. The summed E-state index contributed by atoms with van der Waals surface area (Å²) in [5.74, 6) is -0.0427. The molecule has 4 heteroatoms. The maximum absolute atomic E-state index is 12.6. The molecule has 0 aliphatic carbocycles. The van der Waals surface area contributed by atoms with E-state index in [0.29, 0.717) is 17.7 Å². The number of hydrogen-bond acceptors (Lipinski definition) is 2. The van der Waals surface area contributed by atoms with Crippen LogP contribution in [0.5, 0.6) is 0 Å². The fourth-order valence-electron chi connectivity index (χ4n) is 3.02. The third kappa shape index (κ3) is 3.82. The Bertz CT molecular complexity index is 710. The van der Waals surface area contributed by atoms with Crippen LogP contribution in [0.1, 0.15) is 39.1 Å². The van der Waals surface area contributed by atoms with E-state index in [9.17, 15) is 9.59 Å². The number of nitrogens with zero attached hydrogens (tertiary/aromatic N) is 1. The highest BCUT2D eigenvalue weighted by atomic mass is 16.2. The first-order valence-electron chi connectivity index (χ1n) is 8.35. The number of amides is 2. The molecule has 1 N–H and O–H groups in total. The lowest BCUT2D eigenvalue weighted by Crippen LogP contribution is -2.49. The summed E-state index contributed by atoms with van der Waals surface area (Å²) in [6.45, 7) is 3.31. The zero-order valence-electron chi connectivity index (χ0n) is 13.9. The van der Waals surface area contributed by atoms with Crippen molar-refractivity contribution in [1.29, 1.82) is 0 Å². The molecule has 24 heavy (non-hydrogen) atoms. The van der Waals surface area contributed by atoms with Crippen molar-refractivity contribution in [1.82, 2.24) is 10.2 Å². The molecule has 1 heterocycles. The quantitative estimate of drug-likeness (QED) is 0.944. The molecule has 1 aliphatic rings. The highest BCUT2D eigenvalue weighted by Crippen LogP contribution is 2.15. The van der Waals surface area contributed by atoms with E-state index in [1.54, 1.807) is 12.1 Å². The molecule has 124 valence electrons. The Kier molecular flexibility index (Phi) is 4.94. The predicted octanol–water partition coefficient (Wildman–Crippen LogP) is 3.03. The summed E-state index contributed by atoms with van der Waals surface area (Å²) < 4.78 is 0. The zero-order valence-corrected chi connectivity index (χ0v) is 13.9. The van der Waals surface area contributed by atoms with Crippen LogP contribution in [-0.2, 0) is 0 Å². The van der Waals surface area contributed by atoms with Gasteiger partial charge in [0.15, 0.2) is 0 Å². The molecule has 4 nitrogen and oxygen atoms in total. The number of rotatable bonds is 3. The maximum atomic E-state index is 12.6. The van der Waals surface area contributed by atoms with Crippen LogP contribution >= 0.6 is 0 Å². The largest absolute Gasteiger partial charge is 0.348 e. The molecule has 1 atom stereocenters. The number of carbonyl (C=O) groups excluding carboxylic acids is 2. The average Bonchev–Trinajstić information content (AvgIpc) is 2.63. The molecule has 0 spiro atoms. The number of piperidine rings is 1. The van der Waals surface area contributed by atoms with Crippen LogP contribution in [0.3, 0.4) is 0 Å². The van der Waals surface area contributed by atoms with Crippen molar-refractivity contribution in [3.63, 3.8) is 0 Å². The lowest BCUT2D eigenvalue weighted by molar-refractivity contribution is 0.0676. The van der Waals surface area contributed by atoms with Gasteiger partial charge in [0.1, 0.15) is 0 Å².